The summed E-state index contributed by atoms with van der Waals surface area (Å²) in [6.45, 7) is 4.12. The Bertz CT molecular complexity index is 1110. The van der Waals surface area contributed by atoms with Crippen molar-refractivity contribution in [2.45, 2.75) is 64.9 Å². The number of amides is 1. The molecule has 5 rings (SSSR count). The molecule has 38 heavy (non-hydrogen) atoms. The Morgan fingerprint density at radius 2 is 2.11 bits per heavy atom. The highest BCUT2D eigenvalue weighted by Gasteiger charge is 2.53. The molecule has 1 aromatic rings. The van der Waals surface area contributed by atoms with E-state index in [1.165, 1.54) is 38.2 Å². The molecule has 1 aliphatic heterocycles. The van der Waals surface area contributed by atoms with Crippen molar-refractivity contribution in [2.75, 3.05) is 6.61 Å². The quantitative estimate of drug-likeness (QED) is 0.427. The highest BCUT2D eigenvalue weighted by atomic mass is 19.1. The molecule has 7 heteroatoms. The molecule has 1 saturated heterocycles. The first-order valence-electron chi connectivity index (χ1n) is 13.9. The van der Waals surface area contributed by atoms with Gasteiger partial charge in [0.1, 0.15) is 11.9 Å². The monoisotopic (exact) mass is 524 g/mol. The van der Waals surface area contributed by atoms with Gasteiger partial charge in [-0.2, -0.15) is 0 Å². The zero-order valence-electron chi connectivity index (χ0n) is 22.4. The normalized spacial score (nSPS) is 30.4. The first-order valence-corrected chi connectivity index (χ1v) is 13.9. The van der Waals surface area contributed by atoms with Gasteiger partial charge in [0.05, 0.1) is 18.2 Å². The van der Waals surface area contributed by atoms with E-state index in [-0.39, 0.29) is 31.2 Å². The molecule has 6 atom stereocenters. The second-order valence-electron chi connectivity index (χ2n) is 10.6. The molecular formula is C31H41FN2O4. The van der Waals surface area contributed by atoms with Gasteiger partial charge in [0, 0.05) is 13.5 Å². The first kappa shape index (κ1) is 27.8. The smallest absolute Gasteiger partial charge is 0.404 e. The van der Waals surface area contributed by atoms with E-state index in [2.05, 4.69) is 34.5 Å². The Kier molecular flexibility index (Phi) is 9.53. The molecule has 206 valence electrons. The van der Waals surface area contributed by atoms with E-state index in [0.29, 0.717) is 30.8 Å². The maximum atomic E-state index is 13.8. The number of esters is 1. The van der Waals surface area contributed by atoms with Crippen molar-refractivity contribution in [3.63, 3.8) is 0 Å². The molecule has 0 unspecified atom stereocenters. The molecule has 4 aliphatic rings. The standard InChI is InChI=1S/C28H32FNO2.C3H7NO2.H2/c1-18-27-25(24-10-4-2-3-8-20(24)16-26(27)28(31)32-18)14-13-23-12-11-21(17-30-23)19-7-5-6-9-22(29)15-19;1-2-6-3(4)5;/h6-7,9,11-15,17-18,20,24-27H,2-5,8,10,16H2,1H3;2H2,1H3,(H2,4,5);1H/b14-13+;;/t18-,20+,24-,25+,26-,27+;;/m1../s1. The van der Waals surface area contributed by atoms with Crippen LogP contribution in [0.2, 0.25) is 0 Å². The number of carbonyl (C=O) groups is 2. The van der Waals surface area contributed by atoms with Crippen LogP contribution in [0.25, 0.3) is 11.6 Å². The molecule has 0 spiro atoms. The Morgan fingerprint density at radius 3 is 2.82 bits per heavy atom. The lowest BCUT2D eigenvalue weighted by atomic mass is 9.60. The zero-order chi connectivity index (χ0) is 27.1. The summed E-state index contributed by atoms with van der Waals surface area (Å²) >= 11 is 0. The number of hydrogen-bond donors (Lipinski definition) is 1. The number of ether oxygens (including phenoxy) is 2. The molecular weight excluding hydrogens is 483 g/mol. The number of pyridine rings is 1. The number of fused-ring (bicyclic) bond motifs is 2. The topological polar surface area (TPSA) is 91.5 Å². The van der Waals surface area contributed by atoms with E-state index in [4.69, 9.17) is 4.74 Å². The third-order valence-corrected chi connectivity index (χ3v) is 8.26. The van der Waals surface area contributed by atoms with Crippen LogP contribution >= 0.6 is 0 Å². The lowest BCUT2D eigenvalue weighted by Gasteiger charge is -2.42. The van der Waals surface area contributed by atoms with Gasteiger partial charge in [-0.05, 0) is 86.3 Å². The number of carbonyl (C=O) groups excluding carboxylic acids is 2. The van der Waals surface area contributed by atoms with Crippen LogP contribution in [0.3, 0.4) is 0 Å². The predicted octanol–water partition coefficient (Wildman–Crippen LogP) is 7.03. The third kappa shape index (κ3) is 6.80. The van der Waals surface area contributed by atoms with Gasteiger partial charge in [0.2, 0.25) is 0 Å². The minimum atomic E-state index is -0.711. The Balaban J connectivity index is 0.000000543. The number of hydrogen-bond acceptors (Lipinski definition) is 5. The second-order valence-corrected chi connectivity index (χ2v) is 10.6. The lowest BCUT2D eigenvalue weighted by Crippen LogP contribution is -2.41. The van der Waals surface area contributed by atoms with Crippen LogP contribution in [0.5, 0.6) is 0 Å². The lowest BCUT2D eigenvalue weighted by molar-refractivity contribution is -0.144. The number of cyclic esters (lactones) is 1. The van der Waals surface area contributed by atoms with Gasteiger partial charge in [-0.25, -0.2) is 9.18 Å². The third-order valence-electron chi connectivity index (χ3n) is 8.26. The van der Waals surface area contributed by atoms with Crippen molar-refractivity contribution < 1.29 is 24.9 Å². The summed E-state index contributed by atoms with van der Waals surface area (Å²) in [5.74, 6) is 1.71. The summed E-state index contributed by atoms with van der Waals surface area (Å²) in [5.41, 5.74) is 7.23. The SMILES string of the molecule is CCOC(N)=O.C[C@H]1OC(=O)[C@@H]2C[C@@H]3CCCCC[C@H]3[C@H](/C=C/c3ccc(C4=CCC=CC(F)=C4)cn3)[C@H]12.[HH]. The van der Waals surface area contributed by atoms with Crippen molar-refractivity contribution in [1.29, 1.82) is 0 Å². The minimum Gasteiger partial charge on any atom is -0.462 e. The Hall–Kier alpha value is -3.22. The fourth-order valence-electron chi connectivity index (χ4n) is 6.62. The molecule has 1 aromatic heterocycles. The molecule has 0 bridgehead atoms. The summed E-state index contributed by atoms with van der Waals surface area (Å²) in [4.78, 5) is 26.8. The Morgan fingerprint density at radius 1 is 1.29 bits per heavy atom. The average Bonchev–Trinajstić information content (AvgIpc) is 3.10. The number of nitrogens with two attached hydrogens (primary N) is 1. The summed E-state index contributed by atoms with van der Waals surface area (Å²) in [6.07, 6.45) is 20.5. The Labute approximate surface area is 226 Å². The molecule has 2 N–H and O–H groups in total. The highest BCUT2D eigenvalue weighted by Crippen LogP contribution is 2.52. The number of primary amides is 1. The van der Waals surface area contributed by atoms with E-state index >= 15 is 0 Å². The van der Waals surface area contributed by atoms with E-state index in [9.17, 15) is 14.0 Å². The molecule has 2 heterocycles. The van der Waals surface area contributed by atoms with E-state index < -0.39 is 6.09 Å². The van der Waals surface area contributed by atoms with Crippen LogP contribution < -0.4 is 5.73 Å². The number of rotatable bonds is 4. The zero-order valence-corrected chi connectivity index (χ0v) is 22.4. The van der Waals surface area contributed by atoms with Crippen LogP contribution in [0.4, 0.5) is 9.18 Å². The van der Waals surface area contributed by atoms with Crippen molar-refractivity contribution in [1.82, 2.24) is 4.98 Å². The predicted molar refractivity (Wildman–Crippen MR) is 148 cm³/mol. The summed E-state index contributed by atoms with van der Waals surface area (Å²) in [6, 6.07) is 4.01. The minimum absolute atomic E-state index is 0. The van der Waals surface area contributed by atoms with Gasteiger partial charge >= 0.3 is 12.1 Å². The van der Waals surface area contributed by atoms with E-state index in [0.717, 1.165) is 23.3 Å². The maximum Gasteiger partial charge on any atom is 0.404 e. The number of allylic oxidation sites excluding steroid dienone is 7. The molecule has 0 radical (unpaired) electrons. The second kappa shape index (κ2) is 13.0. The van der Waals surface area contributed by atoms with Crippen LogP contribution in [0.1, 0.15) is 71.5 Å². The number of halogens is 1. The van der Waals surface area contributed by atoms with E-state index in [1.807, 2.05) is 30.5 Å². The molecule has 3 fully saturated rings. The van der Waals surface area contributed by atoms with E-state index in [1.54, 1.807) is 13.0 Å². The fraction of sp³-hybridized carbons (Fsp3) is 0.516. The summed E-state index contributed by atoms with van der Waals surface area (Å²) in [7, 11) is 0. The van der Waals surface area contributed by atoms with Gasteiger partial charge in [0.15, 0.2) is 0 Å². The largest absolute Gasteiger partial charge is 0.462 e. The molecule has 2 saturated carbocycles. The molecule has 6 nitrogen and oxygen atoms in total. The first-order chi connectivity index (χ1) is 18.4. The summed E-state index contributed by atoms with van der Waals surface area (Å²) in [5, 5.41) is 0. The summed E-state index contributed by atoms with van der Waals surface area (Å²) < 4.78 is 23.7. The van der Waals surface area contributed by atoms with Crippen molar-refractivity contribution in [3.05, 3.63) is 65.8 Å². The number of aromatic nitrogens is 1. The average molecular weight is 525 g/mol. The maximum absolute atomic E-state index is 13.8. The van der Waals surface area contributed by atoms with Crippen molar-refractivity contribution >= 4 is 23.7 Å². The van der Waals surface area contributed by atoms with Gasteiger partial charge in [-0.1, -0.05) is 50.0 Å². The number of nitrogens with zero attached hydrogens (tertiary/aromatic N) is 1. The van der Waals surface area contributed by atoms with Gasteiger partial charge in [-0.15, -0.1) is 0 Å². The van der Waals surface area contributed by atoms with Crippen molar-refractivity contribution in [2.24, 2.45) is 35.3 Å². The van der Waals surface area contributed by atoms with Gasteiger partial charge < -0.3 is 15.2 Å². The van der Waals surface area contributed by atoms with Crippen LogP contribution in [-0.2, 0) is 14.3 Å². The highest BCUT2D eigenvalue weighted by molar-refractivity contribution is 5.76. The fourth-order valence-corrected chi connectivity index (χ4v) is 6.62. The molecule has 1 amide bonds. The van der Waals surface area contributed by atoms with Crippen molar-refractivity contribution in [3.8, 4) is 0 Å². The molecule has 3 aliphatic carbocycles. The molecule has 0 aromatic carbocycles. The van der Waals surface area contributed by atoms with Gasteiger partial charge in [-0.3, -0.25) is 9.78 Å². The van der Waals surface area contributed by atoms with Crippen LogP contribution in [-0.4, -0.2) is 29.8 Å². The van der Waals surface area contributed by atoms with Crippen LogP contribution in [0, 0.1) is 29.6 Å². The van der Waals surface area contributed by atoms with Crippen LogP contribution in [0.15, 0.2) is 54.5 Å². The van der Waals surface area contributed by atoms with Gasteiger partial charge in [0.25, 0.3) is 0 Å².